The first-order valence-corrected chi connectivity index (χ1v) is 11.1. The van der Waals surface area contributed by atoms with Gasteiger partial charge in [0.25, 0.3) is 0 Å². The van der Waals surface area contributed by atoms with E-state index in [0.29, 0.717) is 0 Å². The third kappa shape index (κ3) is 7.81. The summed E-state index contributed by atoms with van der Waals surface area (Å²) in [6.45, 7) is 7.71. The van der Waals surface area contributed by atoms with Crippen molar-refractivity contribution in [2.75, 3.05) is 39.0 Å². The molecular formula is C21H35IN4S. The van der Waals surface area contributed by atoms with Crippen LogP contribution in [0.4, 0.5) is 0 Å². The molecule has 2 saturated heterocycles. The van der Waals surface area contributed by atoms with Crippen molar-refractivity contribution in [2.24, 2.45) is 10.9 Å². The van der Waals surface area contributed by atoms with Gasteiger partial charge in [-0.25, -0.2) is 0 Å². The van der Waals surface area contributed by atoms with E-state index in [1.165, 1.54) is 55.7 Å². The number of aliphatic imine (C=N–C) groups is 1. The summed E-state index contributed by atoms with van der Waals surface area (Å²) in [7, 11) is 1.88. The molecule has 0 aromatic heterocycles. The third-order valence-electron chi connectivity index (χ3n) is 5.54. The molecule has 1 aromatic carbocycles. The first-order chi connectivity index (χ1) is 12.7. The van der Waals surface area contributed by atoms with Crippen LogP contribution in [0.5, 0.6) is 0 Å². The number of likely N-dealkylation sites (tertiary alicyclic amines) is 1. The zero-order valence-corrected chi connectivity index (χ0v) is 19.9. The Morgan fingerprint density at radius 3 is 2.44 bits per heavy atom. The van der Waals surface area contributed by atoms with Crippen LogP contribution in [0, 0.1) is 12.8 Å². The highest BCUT2D eigenvalue weighted by Crippen LogP contribution is 2.25. The topological polar surface area (TPSA) is 39.7 Å². The predicted molar refractivity (Wildman–Crippen MR) is 129 cm³/mol. The molecule has 2 aliphatic rings. The van der Waals surface area contributed by atoms with Crippen LogP contribution < -0.4 is 10.6 Å². The molecule has 2 N–H and O–H groups in total. The van der Waals surface area contributed by atoms with Gasteiger partial charge < -0.3 is 10.6 Å². The lowest BCUT2D eigenvalue weighted by atomic mass is 9.96. The lowest BCUT2D eigenvalue weighted by Crippen LogP contribution is -2.44. The van der Waals surface area contributed by atoms with Crippen molar-refractivity contribution in [1.29, 1.82) is 0 Å². The molecule has 2 heterocycles. The maximum absolute atomic E-state index is 4.39. The Kier molecular flexibility index (Phi) is 10.3. The van der Waals surface area contributed by atoms with Crippen LogP contribution in [-0.4, -0.2) is 55.1 Å². The Labute approximate surface area is 186 Å². The Hall–Kier alpha value is -0.470. The number of piperidine rings is 1. The Bertz CT molecular complexity index is 564. The van der Waals surface area contributed by atoms with Crippen molar-refractivity contribution in [2.45, 2.75) is 44.4 Å². The van der Waals surface area contributed by atoms with Gasteiger partial charge in [0.05, 0.1) is 0 Å². The smallest absolute Gasteiger partial charge is 0.191 e. The second-order valence-electron chi connectivity index (χ2n) is 7.67. The van der Waals surface area contributed by atoms with E-state index in [2.05, 4.69) is 63.5 Å². The molecule has 2 aliphatic heterocycles. The molecule has 1 unspecified atom stereocenters. The second-order valence-corrected chi connectivity index (χ2v) is 9.08. The molecule has 0 bridgehead atoms. The van der Waals surface area contributed by atoms with Gasteiger partial charge in [-0.1, -0.05) is 29.8 Å². The molecule has 1 atom stereocenters. The first-order valence-electron chi connectivity index (χ1n) is 10.1. The van der Waals surface area contributed by atoms with Crippen LogP contribution in [0.2, 0.25) is 0 Å². The van der Waals surface area contributed by atoms with Crippen molar-refractivity contribution in [3.63, 3.8) is 0 Å². The highest BCUT2D eigenvalue weighted by Gasteiger charge is 2.20. The fourth-order valence-electron chi connectivity index (χ4n) is 3.78. The molecule has 0 saturated carbocycles. The average molecular weight is 503 g/mol. The van der Waals surface area contributed by atoms with Gasteiger partial charge in [0, 0.05) is 31.9 Å². The van der Waals surface area contributed by atoms with E-state index in [-0.39, 0.29) is 24.0 Å². The summed E-state index contributed by atoms with van der Waals surface area (Å²) in [6, 6.07) is 8.96. The fourth-order valence-corrected chi connectivity index (χ4v) is 4.98. The van der Waals surface area contributed by atoms with E-state index in [1.807, 2.05) is 7.05 Å². The van der Waals surface area contributed by atoms with Crippen LogP contribution in [0.3, 0.4) is 0 Å². The van der Waals surface area contributed by atoms with E-state index in [9.17, 15) is 0 Å². The molecule has 6 heteroatoms. The monoisotopic (exact) mass is 502 g/mol. The Morgan fingerprint density at radius 1 is 1.11 bits per heavy atom. The minimum absolute atomic E-state index is 0. The lowest BCUT2D eigenvalue weighted by Gasteiger charge is -2.32. The molecule has 0 radical (unpaired) electrons. The van der Waals surface area contributed by atoms with Crippen molar-refractivity contribution in [3.05, 3.63) is 35.4 Å². The standard InChI is InChI=1S/C21H34N4S.HI/c1-17-5-7-19(8-6-17)16-25-11-9-18(10-12-25)14-23-21(22-2)24-15-20-4-3-13-26-20;/h5-8,18,20H,3-4,9-16H2,1-2H3,(H2,22,23,24);1H. The third-order valence-corrected chi connectivity index (χ3v) is 6.94. The number of nitrogens with one attached hydrogen (secondary N) is 2. The number of aryl methyl sites for hydroxylation is 1. The van der Waals surface area contributed by atoms with Crippen molar-refractivity contribution in [3.8, 4) is 0 Å². The van der Waals surface area contributed by atoms with Crippen LogP contribution in [0.15, 0.2) is 29.3 Å². The number of hydrogen-bond donors (Lipinski definition) is 2. The van der Waals surface area contributed by atoms with Crippen LogP contribution >= 0.6 is 35.7 Å². The van der Waals surface area contributed by atoms with Gasteiger partial charge in [0.2, 0.25) is 0 Å². The number of nitrogens with zero attached hydrogens (tertiary/aromatic N) is 2. The molecule has 3 rings (SSSR count). The molecule has 1 aromatic rings. The predicted octanol–water partition coefficient (Wildman–Crippen LogP) is 3.89. The average Bonchev–Trinajstić information content (AvgIpc) is 3.18. The minimum atomic E-state index is 0. The molecule has 0 amide bonds. The Balaban J connectivity index is 0.00000261. The minimum Gasteiger partial charge on any atom is -0.356 e. The van der Waals surface area contributed by atoms with Gasteiger partial charge in [-0.2, -0.15) is 11.8 Å². The lowest BCUT2D eigenvalue weighted by molar-refractivity contribution is 0.178. The summed E-state index contributed by atoms with van der Waals surface area (Å²) < 4.78 is 0. The van der Waals surface area contributed by atoms with Gasteiger partial charge in [-0.15, -0.1) is 24.0 Å². The normalized spacial score (nSPS) is 21.7. The Morgan fingerprint density at radius 2 is 1.81 bits per heavy atom. The zero-order valence-electron chi connectivity index (χ0n) is 16.7. The van der Waals surface area contributed by atoms with E-state index in [4.69, 9.17) is 0 Å². The number of hydrogen-bond acceptors (Lipinski definition) is 3. The van der Waals surface area contributed by atoms with E-state index in [0.717, 1.165) is 36.8 Å². The molecule has 4 nitrogen and oxygen atoms in total. The van der Waals surface area contributed by atoms with Gasteiger partial charge in [0.1, 0.15) is 0 Å². The van der Waals surface area contributed by atoms with E-state index < -0.39 is 0 Å². The van der Waals surface area contributed by atoms with Gasteiger partial charge in [-0.3, -0.25) is 9.89 Å². The number of rotatable bonds is 6. The zero-order chi connectivity index (χ0) is 18.2. The van der Waals surface area contributed by atoms with Gasteiger partial charge >= 0.3 is 0 Å². The van der Waals surface area contributed by atoms with Crippen molar-refractivity contribution in [1.82, 2.24) is 15.5 Å². The van der Waals surface area contributed by atoms with Crippen LogP contribution in [-0.2, 0) is 6.54 Å². The first kappa shape index (κ1) is 22.8. The highest BCUT2D eigenvalue weighted by molar-refractivity contribution is 14.0. The summed E-state index contributed by atoms with van der Waals surface area (Å²) in [4.78, 5) is 6.97. The highest BCUT2D eigenvalue weighted by atomic mass is 127. The summed E-state index contributed by atoms with van der Waals surface area (Å²) in [6.07, 6.45) is 5.25. The maximum atomic E-state index is 4.39. The largest absolute Gasteiger partial charge is 0.356 e. The SMILES string of the molecule is CN=C(NCC1CCN(Cc2ccc(C)cc2)CC1)NCC1CCCS1.I. The number of thioether (sulfide) groups is 1. The second kappa shape index (κ2) is 12.2. The number of benzene rings is 1. The molecule has 0 aliphatic carbocycles. The summed E-state index contributed by atoms with van der Waals surface area (Å²) in [5, 5.41) is 7.81. The van der Waals surface area contributed by atoms with Gasteiger partial charge in [-0.05, 0) is 62.9 Å². The molecule has 2 fully saturated rings. The van der Waals surface area contributed by atoms with Crippen molar-refractivity contribution >= 4 is 41.7 Å². The summed E-state index contributed by atoms with van der Waals surface area (Å²) >= 11 is 2.09. The quantitative estimate of drug-likeness (QED) is 0.352. The van der Waals surface area contributed by atoms with E-state index in [1.54, 1.807) is 0 Å². The molecule has 27 heavy (non-hydrogen) atoms. The van der Waals surface area contributed by atoms with Gasteiger partial charge in [0.15, 0.2) is 5.96 Å². The molecular weight excluding hydrogens is 467 g/mol. The summed E-state index contributed by atoms with van der Waals surface area (Å²) in [5.41, 5.74) is 2.77. The van der Waals surface area contributed by atoms with Crippen molar-refractivity contribution < 1.29 is 0 Å². The fraction of sp³-hybridized carbons (Fsp3) is 0.667. The summed E-state index contributed by atoms with van der Waals surface area (Å²) in [5.74, 6) is 3.04. The molecule has 152 valence electrons. The number of guanidine groups is 1. The number of halogens is 1. The van der Waals surface area contributed by atoms with Crippen LogP contribution in [0.1, 0.15) is 36.8 Å². The van der Waals surface area contributed by atoms with Crippen LogP contribution in [0.25, 0.3) is 0 Å². The van der Waals surface area contributed by atoms with E-state index >= 15 is 0 Å². The maximum Gasteiger partial charge on any atom is 0.191 e. The molecule has 0 spiro atoms.